The molecule has 0 fully saturated rings. The van der Waals surface area contributed by atoms with Gasteiger partial charge in [0.2, 0.25) is 0 Å². The second-order valence-electron chi connectivity index (χ2n) is 3.93. The molecule has 1 aromatic carbocycles. The first-order valence-corrected chi connectivity index (χ1v) is 6.10. The Morgan fingerprint density at radius 1 is 1.33 bits per heavy atom. The molecule has 2 rings (SSSR count). The molecule has 18 heavy (non-hydrogen) atoms. The first kappa shape index (κ1) is 13.3. The zero-order valence-corrected chi connectivity index (χ0v) is 11.3. The van der Waals surface area contributed by atoms with Gasteiger partial charge in [0.05, 0.1) is 6.04 Å². The lowest BCUT2D eigenvalue weighted by molar-refractivity contribution is 0.523. The number of halogens is 2. The van der Waals surface area contributed by atoms with Crippen LogP contribution in [-0.2, 0) is 13.5 Å². The van der Waals surface area contributed by atoms with Crippen LogP contribution in [0.3, 0.4) is 0 Å². The highest BCUT2D eigenvalue weighted by Crippen LogP contribution is 2.24. The largest absolute Gasteiger partial charge is 0.271 e. The number of nitrogens with two attached hydrogens (primary N) is 1. The average molecular weight is 286 g/mol. The molecule has 7 heteroatoms. The number of hydrogen-bond acceptors (Lipinski definition) is 4. The van der Waals surface area contributed by atoms with Crippen molar-refractivity contribution in [3.8, 4) is 0 Å². The fourth-order valence-corrected chi connectivity index (χ4v) is 2.28. The molecule has 0 aliphatic rings. The van der Waals surface area contributed by atoms with E-state index in [-0.39, 0.29) is 6.04 Å². The quantitative estimate of drug-likeness (QED) is 0.665. The van der Waals surface area contributed by atoms with Crippen LogP contribution in [0, 0.1) is 0 Å². The Morgan fingerprint density at radius 2 is 2.00 bits per heavy atom. The van der Waals surface area contributed by atoms with Crippen molar-refractivity contribution >= 4 is 23.2 Å². The molecule has 0 spiro atoms. The number of rotatable bonds is 4. The third-order valence-corrected chi connectivity index (χ3v) is 3.12. The van der Waals surface area contributed by atoms with Gasteiger partial charge in [-0.3, -0.25) is 16.0 Å². The molecule has 0 amide bonds. The van der Waals surface area contributed by atoms with Crippen LogP contribution < -0.4 is 11.3 Å². The maximum absolute atomic E-state index is 5.98. The van der Waals surface area contributed by atoms with Crippen LogP contribution >= 0.6 is 23.2 Å². The topological polar surface area (TPSA) is 68.8 Å². The van der Waals surface area contributed by atoms with Crippen LogP contribution in [0.25, 0.3) is 0 Å². The Labute approximate surface area is 115 Å². The molecule has 5 nitrogen and oxygen atoms in total. The monoisotopic (exact) mass is 285 g/mol. The predicted octanol–water partition coefficient (Wildman–Crippen LogP) is 1.87. The van der Waals surface area contributed by atoms with Gasteiger partial charge in [0.15, 0.2) is 0 Å². The lowest BCUT2D eigenvalue weighted by atomic mass is 10.0. The summed E-state index contributed by atoms with van der Waals surface area (Å²) >= 11 is 12.0. The van der Waals surface area contributed by atoms with Gasteiger partial charge in [0.25, 0.3) is 0 Å². The summed E-state index contributed by atoms with van der Waals surface area (Å²) < 4.78 is 1.70. The van der Waals surface area contributed by atoms with Crippen molar-refractivity contribution in [2.24, 2.45) is 12.9 Å². The molecule has 0 aliphatic carbocycles. The Balaban J connectivity index is 2.25. The Morgan fingerprint density at radius 3 is 2.50 bits per heavy atom. The van der Waals surface area contributed by atoms with Gasteiger partial charge in [-0.1, -0.05) is 23.2 Å². The highest BCUT2D eigenvalue weighted by atomic mass is 35.5. The number of aryl methyl sites for hydroxylation is 1. The van der Waals surface area contributed by atoms with E-state index in [0.717, 1.165) is 11.4 Å². The van der Waals surface area contributed by atoms with E-state index in [1.807, 2.05) is 19.2 Å². The zero-order valence-electron chi connectivity index (χ0n) is 9.77. The van der Waals surface area contributed by atoms with Crippen molar-refractivity contribution in [3.05, 3.63) is 46.0 Å². The molecule has 1 heterocycles. The van der Waals surface area contributed by atoms with Gasteiger partial charge in [-0.2, -0.15) is 5.10 Å². The molecule has 0 saturated carbocycles. The molecule has 0 saturated heterocycles. The molecular formula is C11H13Cl2N5. The summed E-state index contributed by atoms with van der Waals surface area (Å²) in [7, 11) is 1.83. The smallest absolute Gasteiger partial charge is 0.138 e. The van der Waals surface area contributed by atoms with E-state index in [9.17, 15) is 0 Å². The summed E-state index contributed by atoms with van der Waals surface area (Å²) in [6.45, 7) is 0. The Hall–Kier alpha value is -1.14. The van der Waals surface area contributed by atoms with E-state index in [2.05, 4.69) is 15.5 Å². The first-order valence-electron chi connectivity index (χ1n) is 5.35. The maximum Gasteiger partial charge on any atom is 0.138 e. The fraction of sp³-hybridized carbons (Fsp3) is 0.273. The lowest BCUT2D eigenvalue weighted by Crippen LogP contribution is -2.30. The minimum Gasteiger partial charge on any atom is -0.271 e. The van der Waals surface area contributed by atoms with Gasteiger partial charge in [-0.25, -0.2) is 4.98 Å². The normalized spacial score (nSPS) is 12.7. The minimum absolute atomic E-state index is 0.121. The van der Waals surface area contributed by atoms with Crippen molar-refractivity contribution in [3.63, 3.8) is 0 Å². The van der Waals surface area contributed by atoms with Crippen LogP contribution in [0.2, 0.25) is 10.0 Å². The van der Waals surface area contributed by atoms with E-state index in [1.54, 1.807) is 10.7 Å². The Bertz CT molecular complexity index is 520. The van der Waals surface area contributed by atoms with Gasteiger partial charge < -0.3 is 0 Å². The van der Waals surface area contributed by atoms with Crippen molar-refractivity contribution in [1.82, 2.24) is 20.2 Å². The number of aromatic nitrogens is 3. The molecule has 0 bridgehead atoms. The number of benzene rings is 1. The third kappa shape index (κ3) is 3.00. The maximum atomic E-state index is 5.98. The fourth-order valence-electron chi connectivity index (χ4n) is 1.74. The summed E-state index contributed by atoms with van der Waals surface area (Å²) in [6.07, 6.45) is 2.11. The highest BCUT2D eigenvalue weighted by Gasteiger charge is 2.14. The SMILES string of the molecule is Cn1ncnc1CC(NN)c1cc(Cl)cc(Cl)c1. The summed E-state index contributed by atoms with van der Waals surface area (Å²) in [5, 5.41) is 5.18. The first-order chi connectivity index (χ1) is 8.60. The summed E-state index contributed by atoms with van der Waals surface area (Å²) in [6, 6.07) is 5.22. The summed E-state index contributed by atoms with van der Waals surface area (Å²) in [4.78, 5) is 4.16. The molecule has 1 atom stereocenters. The predicted molar refractivity (Wildman–Crippen MR) is 71.2 cm³/mol. The molecule has 2 aromatic rings. The molecule has 96 valence electrons. The van der Waals surface area contributed by atoms with Gasteiger partial charge in [-0.05, 0) is 23.8 Å². The van der Waals surface area contributed by atoms with Crippen molar-refractivity contribution < 1.29 is 0 Å². The zero-order chi connectivity index (χ0) is 13.1. The minimum atomic E-state index is -0.121. The molecular weight excluding hydrogens is 273 g/mol. The number of hydrogen-bond donors (Lipinski definition) is 2. The second-order valence-corrected chi connectivity index (χ2v) is 4.80. The van der Waals surface area contributed by atoms with E-state index < -0.39 is 0 Å². The molecule has 3 N–H and O–H groups in total. The number of hydrazine groups is 1. The van der Waals surface area contributed by atoms with Crippen LogP contribution in [0.15, 0.2) is 24.5 Å². The van der Waals surface area contributed by atoms with Crippen LogP contribution in [0.5, 0.6) is 0 Å². The third-order valence-electron chi connectivity index (χ3n) is 2.68. The van der Waals surface area contributed by atoms with Crippen LogP contribution in [0.4, 0.5) is 0 Å². The van der Waals surface area contributed by atoms with E-state index in [0.29, 0.717) is 16.5 Å². The second kappa shape index (κ2) is 5.67. The van der Waals surface area contributed by atoms with Crippen LogP contribution in [-0.4, -0.2) is 14.8 Å². The summed E-state index contributed by atoms with van der Waals surface area (Å²) in [5.41, 5.74) is 3.65. The molecule has 1 unspecified atom stereocenters. The van der Waals surface area contributed by atoms with Crippen molar-refractivity contribution in [1.29, 1.82) is 0 Å². The molecule has 0 aliphatic heterocycles. The van der Waals surface area contributed by atoms with Gasteiger partial charge in [-0.15, -0.1) is 0 Å². The van der Waals surface area contributed by atoms with Gasteiger partial charge in [0.1, 0.15) is 12.2 Å². The van der Waals surface area contributed by atoms with Gasteiger partial charge in [0, 0.05) is 23.5 Å². The van der Waals surface area contributed by atoms with Gasteiger partial charge >= 0.3 is 0 Å². The van der Waals surface area contributed by atoms with E-state index in [1.165, 1.54) is 6.33 Å². The number of nitrogens with one attached hydrogen (secondary N) is 1. The van der Waals surface area contributed by atoms with Crippen molar-refractivity contribution in [2.75, 3.05) is 0 Å². The van der Waals surface area contributed by atoms with Crippen molar-refractivity contribution in [2.45, 2.75) is 12.5 Å². The lowest BCUT2D eigenvalue weighted by Gasteiger charge is -2.16. The molecule has 1 aromatic heterocycles. The van der Waals surface area contributed by atoms with E-state index in [4.69, 9.17) is 29.0 Å². The van der Waals surface area contributed by atoms with E-state index >= 15 is 0 Å². The standard InChI is InChI=1S/C11H13Cl2N5/c1-18-11(15-6-16-18)5-10(17-14)7-2-8(12)4-9(13)3-7/h2-4,6,10,17H,5,14H2,1H3. The Kier molecular flexibility index (Phi) is 4.19. The average Bonchev–Trinajstić information content (AvgIpc) is 2.70. The highest BCUT2D eigenvalue weighted by molar-refractivity contribution is 6.34. The summed E-state index contributed by atoms with van der Waals surface area (Å²) in [5.74, 6) is 6.41. The molecule has 0 radical (unpaired) electrons. The van der Waals surface area contributed by atoms with Crippen LogP contribution in [0.1, 0.15) is 17.4 Å². The number of nitrogens with zero attached hydrogens (tertiary/aromatic N) is 3.